The number of carbonyl (C=O) groups is 2. The molecule has 1 heterocycles. The zero-order valence-corrected chi connectivity index (χ0v) is 10.6. The number of amides is 1. The van der Waals surface area contributed by atoms with Crippen LogP contribution in [0.4, 0.5) is 0 Å². The fraction of sp³-hybridized carbons (Fsp3) is 0.750. The summed E-state index contributed by atoms with van der Waals surface area (Å²) >= 11 is 0. The third kappa shape index (κ3) is 4.44. The molecule has 0 fully saturated rings. The zero-order chi connectivity index (χ0) is 13.5. The molecule has 6 nitrogen and oxygen atoms in total. The van der Waals surface area contributed by atoms with Gasteiger partial charge in [-0.3, -0.25) is 14.6 Å². The Morgan fingerprint density at radius 3 is 2.83 bits per heavy atom. The number of aliphatic imine (C=N–C) groups is 1. The van der Waals surface area contributed by atoms with E-state index in [4.69, 9.17) is 10.8 Å². The normalized spacial score (nSPS) is 23.9. The number of nitrogens with two attached hydrogens (primary N) is 1. The largest absolute Gasteiger partial charge is 0.480 e. The number of carbonyl (C=O) groups excluding carboxylic acids is 1. The summed E-state index contributed by atoms with van der Waals surface area (Å²) in [5.41, 5.74) is 5.37. The van der Waals surface area contributed by atoms with Crippen molar-refractivity contribution in [2.24, 2.45) is 16.6 Å². The summed E-state index contributed by atoms with van der Waals surface area (Å²) in [5.74, 6) is -0.752. The number of rotatable bonds is 7. The van der Waals surface area contributed by atoms with Crippen molar-refractivity contribution in [1.82, 2.24) is 5.32 Å². The highest BCUT2D eigenvalue weighted by molar-refractivity contribution is 5.85. The Kier molecular flexibility index (Phi) is 5.77. The van der Waals surface area contributed by atoms with Gasteiger partial charge in [-0.15, -0.1) is 0 Å². The van der Waals surface area contributed by atoms with Crippen molar-refractivity contribution in [2.75, 3.05) is 6.54 Å². The lowest BCUT2D eigenvalue weighted by Crippen LogP contribution is -2.36. The number of nitrogens with zero attached hydrogens (tertiary/aromatic N) is 1. The number of hydrogen-bond acceptors (Lipinski definition) is 4. The standard InChI is InChI=1S/C12H21N3O3/c1-8-5-7-14-10(8)11(16)15-6-3-2-4-9(13)12(17)18/h7-10H,2-6,13H2,1H3,(H,15,16)(H,17,18)/t8-,9-,10+/m0/s1. The van der Waals surface area contributed by atoms with E-state index in [0.717, 1.165) is 12.8 Å². The van der Waals surface area contributed by atoms with Crippen molar-refractivity contribution >= 4 is 18.1 Å². The SMILES string of the molecule is C[C@H]1CC=N[C@H]1C(=O)NCCCC[C@H](N)C(=O)O. The van der Waals surface area contributed by atoms with E-state index in [1.54, 1.807) is 6.21 Å². The van der Waals surface area contributed by atoms with Crippen LogP contribution < -0.4 is 11.1 Å². The van der Waals surface area contributed by atoms with E-state index in [1.165, 1.54) is 0 Å². The quantitative estimate of drug-likeness (QED) is 0.564. The van der Waals surface area contributed by atoms with Crippen LogP contribution in [0, 0.1) is 5.92 Å². The molecule has 3 atom stereocenters. The average molecular weight is 255 g/mol. The molecule has 1 rings (SSSR count). The van der Waals surface area contributed by atoms with Gasteiger partial charge in [-0.2, -0.15) is 0 Å². The van der Waals surface area contributed by atoms with Gasteiger partial charge < -0.3 is 16.2 Å². The van der Waals surface area contributed by atoms with Crippen LogP contribution in [0.2, 0.25) is 0 Å². The summed E-state index contributed by atoms with van der Waals surface area (Å²) in [6.45, 7) is 2.55. The molecule has 0 bridgehead atoms. The highest BCUT2D eigenvalue weighted by atomic mass is 16.4. The molecule has 0 saturated carbocycles. The first kappa shape index (κ1) is 14.6. The molecule has 0 aliphatic carbocycles. The second-order valence-electron chi connectivity index (χ2n) is 4.72. The van der Waals surface area contributed by atoms with E-state index in [2.05, 4.69) is 10.3 Å². The van der Waals surface area contributed by atoms with Gasteiger partial charge in [0.15, 0.2) is 0 Å². The van der Waals surface area contributed by atoms with Crippen LogP contribution >= 0.6 is 0 Å². The average Bonchev–Trinajstić information content (AvgIpc) is 2.74. The molecule has 0 aromatic carbocycles. The molecular formula is C12H21N3O3. The van der Waals surface area contributed by atoms with E-state index in [0.29, 0.717) is 19.4 Å². The van der Waals surface area contributed by atoms with E-state index >= 15 is 0 Å². The summed E-state index contributed by atoms with van der Waals surface area (Å²) in [6.07, 6.45) is 4.50. The van der Waals surface area contributed by atoms with Gasteiger partial charge in [0.25, 0.3) is 0 Å². The van der Waals surface area contributed by atoms with Crippen molar-refractivity contribution in [1.29, 1.82) is 0 Å². The van der Waals surface area contributed by atoms with Crippen LogP contribution in [0.5, 0.6) is 0 Å². The van der Waals surface area contributed by atoms with Crippen LogP contribution in [0.25, 0.3) is 0 Å². The third-order valence-electron chi connectivity index (χ3n) is 3.11. The van der Waals surface area contributed by atoms with Crippen LogP contribution in [0.3, 0.4) is 0 Å². The number of hydrogen-bond donors (Lipinski definition) is 3. The Labute approximate surface area is 107 Å². The van der Waals surface area contributed by atoms with E-state index < -0.39 is 12.0 Å². The molecule has 4 N–H and O–H groups in total. The number of carboxylic acid groups (broad SMARTS) is 1. The van der Waals surface area contributed by atoms with Gasteiger partial charge in [0.1, 0.15) is 12.1 Å². The fourth-order valence-electron chi connectivity index (χ4n) is 1.87. The molecule has 0 aromatic heterocycles. The minimum atomic E-state index is -0.979. The first-order valence-electron chi connectivity index (χ1n) is 6.30. The van der Waals surface area contributed by atoms with Crippen molar-refractivity contribution < 1.29 is 14.7 Å². The lowest BCUT2D eigenvalue weighted by atomic mass is 10.0. The Morgan fingerprint density at radius 1 is 1.56 bits per heavy atom. The molecule has 6 heteroatoms. The molecular weight excluding hydrogens is 234 g/mol. The van der Waals surface area contributed by atoms with Crippen LogP contribution in [-0.4, -0.2) is 41.8 Å². The second-order valence-corrected chi connectivity index (χ2v) is 4.72. The summed E-state index contributed by atoms with van der Waals surface area (Å²) < 4.78 is 0. The van der Waals surface area contributed by atoms with E-state index in [-0.39, 0.29) is 17.9 Å². The van der Waals surface area contributed by atoms with Crippen LogP contribution in [0.1, 0.15) is 32.6 Å². The van der Waals surface area contributed by atoms with Crippen molar-refractivity contribution in [3.05, 3.63) is 0 Å². The number of unbranched alkanes of at least 4 members (excludes halogenated alkanes) is 1. The summed E-state index contributed by atoms with van der Waals surface area (Å²) in [7, 11) is 0. The van der Waals surface area contributed by atoms with Crippen molar-refractivity contribution in [3.63, 3.8) is 0 Å². The molecule has 1 aliphatic heterocycles. The molecule has 0 saturated heterocycles. The molecule has 0 unspecified atom stereocenters. The van der Waals surface area contributed by atoms with Gasteiger partial charge in [-0.25, -0.2) is 0 Å². The molecule has 0 radical (unpaired) electrons. The molecule has 0 aromatic rings. The maximum Gasteiger partial charge on any atom is 0.320 e. The first-order chi connectivity index (χ1) is 8.52. The molecule has 1 aliphatic rings. The fourth-order valence-corrected chi connectivity index (χ4v) is 1.87. The lowest BCUT2D eigenvalue weighted by molar-refractivity contribution is -0.138. The van der Waals surface area contributed by atoms with Crippen molar-refractivity contribution in [2.45, 2.75) is 44.7 Å². The molecule has 1 amide bonds. The van der Waals surface area contributed by atoms with Gasteiger partial charge in [-0.05, 0) is 31.6 Å². The minimum Gasteiger partial charge on any atom is -0.480 e. The Balaban J connectivity index is 2.09. The van der Waals surface area contributed by atoms with E-state index in [1.807, 2.05) is 6.92 Å². The summed E-state index contributed by atoms with van der Waals surface area (Å²) in [5, 5.41) is 11.4. The summed E-state index contributed by atoms with van der Waals surface area (Å²) in [4.78, 5) is 26.3. The Hall–Kier alpha value is -1.43. The Bertz CT molecular complexity index is 331. The number of carboxylic acids is 1. The van der Waals surface area contributed by atoms with Gasteiger partial charge >= 0.3 is 5.97 Å². The van der Waals surface area contributed by atoms with Crippen molar-refractivity contribution in [3.8, 4) is 0 Å². The molecule has 0 spiro atoms. The van der Waals surface area contributed by atoms with Gasteiger partial charge in [0.05, 0.1) is 0 Å². The highest BCUT2D eigenvalue weighted by Crippen LogP contribution is 2.16. The second kappa shape index (κ2) is 7.10. The third-order valence-corrected chi connectivity index (χ3v) is 3.11. The van der Waals surface area contributed by atoms with Crippen LogP contribution in [0.15, 0.2) is 4.99 Å². The number of nitrogens with one attached hydrogen (secondary N) is 1. The Morgan fingerprint density at radius 2 is 2.28 bits per heavy atom. The first-order valence-corrected chi connectivity index (χ1v) is 6.30. The molecule has 18 heavy (non-hydrogen) atoms. The molecule has 102 valence electrons. The zero-order valence-electron chi connectivity index (χ0n) is 10.6. The van der Waals surface area contributed by atoms with Gasteiger partial charge in [0, 0.05) is 12.8 Å². The lowest BCUT2D eigenvalue weighted by Gasteiger charge is -2.13. The minimum absolute atomic E-state index is 0.0428. The monoisotopic (exact) mass is 255 g/mol. The topological polar surface area (TPSA) is 105 Å². The smallest absolute Gasteiger partial charge is 0.320 e. The van der Waals surface area contributed by atoms with E-state index in [9.17, 15) is 9.59 Å². The van der Waals surface area contributed by atoms with Crippen LogP contribution in [-0.2, 0) is 9.59 Å². The predicted octanol–water partition coefficient (Wildman–Crippen LogP) is 0.164. The maximum absolute atomic E-state index is 11.7. The van der Waals surface area contributed by atoms with Gasteiger partial charge in [0.2, 0.25) is 5.91 Å². The number of aliphatic carboxylic acids is 1. The maximum atomic E-state index is 11.7. The highest BCUT2D eigenvalue weighted by Gasteiger charge is 2.26. The summed E-state index contributed by atoms with van der Waals surface area (Å²) in [6, 6.07) is -1.06. The van der Waals surface area contributed by atoms with Gasteiger partial charge in [-0.1, -0.05) is 6.92 Å². The predicted molar refractivity (Wildman–Crippen MR) is 68.5 cm³/mol.